The molecule has 0 amide bonds. The largest absolute Gasteiger partial charge is 0.381 e. The number of aryl methyl sites for hydroxylation is 2. The van der Waals surface area contributed by atoms with Gasteiger partial charge in [-0.15, -0.1) is 0 Å². The van der Waals surface area contributed by atoms with E-state index >= 15 is 0 Å². The predicted octanol–water partition coefficient (Wildman–Crippen LogP) is 2.51. The van der Waals surface area contributed by atoms with E-state index in [4.69, 9.17) is 5.26 Å². The number of rotatable bonds is 3. The van der Waals surface area contributed by atoms with E-state index in [0.29, 0.717) is 5.56 Å². The first-order chi connectivity index (χ1) is 8.20. The molecule has 1 heterocycles. The second-order valence-corrected chi connectivity index (χ2v) is 4.02. The number of hydrogen-bond acceptors (Lipinski definition) is 3. The standard InChI is InChI=1S/C13H14N4/c1-9-5-11(6-14)3-4-13(9)15-7-12-8-16-17-10(12)2/h3-5,8,15H,7H2,1-2H3,(H,16,17). The lowest BCUT2D eigenvalue weighted by Crippen LogP contribution is -2.01. The summed E-state index contributed by atoms with van der Waals surface area (Å²) in [6.45, 7) is 4.72. The molecule has 0 aliphatic rings. The van der Waals surface area contributed by atoms with Gasteiger partial charge in [-0.05, 0) is 37.6 Å². The van der Waals surface area contributed by atoms with E-state index in [9.17, 15) is 0 Å². The van der Waals surface area contributed by atoms with Crippen LogP contribution in [-0.2, 0) is 6.54 Å². The highest BCUT2D eigenvalue weighted by molar-refractivity contribution is 5.54. The third-order valence-electron chi connectivity index (χ3n) is 2.76. The van der Waals surface area contributed by atoms with E-state index in [2.05, 4.69) is 21.6 Å². The molecule has 4 heteroatoms. The van der Waals surface area contributed by atoms with Gasteiger partial charge in [0, 0.05) is 23.5 Å². The third-order valence-corrected chi connectivity index (χ3v) is 2.76. The van der Waals surface area contributed by atoms with Crippen LogP contribution in [0.5, 0.6) is 0 Å². The van der Waals surface area contributed by atoms with Crippen LogP contribution in [0.4, 0.5) is 5.69 Å². The molecule has 0 radical (unpaired) electrons. The Morgan fingerprint density at radius 2 is 2.24 bits per heavy atom. The fourth-order valence-electron chi connectivity index (χ4n) is 1.68. The number of aromatic nitrogens is 2. The van der Waals surface area contributed by atoms with Crippen LogP contribution in [0.15, 0.2) is 24.4 Å². The molecule has 4 nitrogen and oxygen atoms in total. The molecule has 0 aliphatic carbocycles. The number of anilines is 1. The van der Waals surface area contributed by atoms with Gasteiger partial charge in [-0.3, -0.25) is 5.10 Å². The van der Waals surface area contributed by atoms with Crippen LogP contribution in [0.25, 0.3) is 0 Å². The first-order valence-electron chi connectivity index (χ1n) is 5.44. The van der Waals surface area contributed by atoms with Gasteiger partial charge in [0.1, 0.15) is 0 Å². The Morgan fingerprint density at radius 3 is 2.82 bits per heavy atom. The summed E-state index contributed by atoms with van der Waals surface area (Å²) >= 11 is 0. The molecule has 17 heavy (non-hydrogen) atoms. The van der Waals surface area contributed by atoms with Crippen molar-refractivity contribution < 1.29 is 0 Å². The SMILES string of the molecule is Cc1cc(C#N)ccc1NCc1cn[nH]c1C. The molecule has 0 unspecified atom stereocenters. The summed E-state index contributed by atoms with van der Waals surface area (Å²) in [7, 11) is 0. The highest BCUT2D eigenvalue weighted by Gasteiger charge is 2.02. The summed E-state index contributed by atoms with van der Waals surface area (Å²) < 4.78 is 0. The molecule has 2 rings (SSSR count). The summed E-state index contributed by atoms with van der Waals surface area (Å²) in [6, 6.07) is 7.76. The second kappa shape index (κ2) is 4.71. The summed E-state index contributed by atoms with van der Waals surface area (Å²) in [4.78, 5) is 0. The molecule has 0 bridgehead atoms. The summed E-state index contributed by atoms with van der Waals surface area (Å²) in [6.07, 6.45) is 1.82. The topological polar surface area (TPSA) is 64.5 Å². The van der Waals surface area contributed by atoms with Gasteiger partial charge in [0.05, 0.1) is 17.8 Å². The van der Waals surface area contributed by atoms with E-state index < -0.39 is 0 Å². The summed E-state index contributed by atoms with van der Waals surface area (Å²) in [5, 5.41) is 19.0. The highest BCUT2D eigenvalue weighted by atomic mass is 15.1. The Morgan fingerprint density at radius 1 is 1.41 bits per heavy atom. The summed E-state index contributed by atoms with van der Waals surface area (Å²) in [5.41, 5.74) is 5.03. The first kappa shape index (κ1) is 11.2. The third kappa shape index (κ3) is 2.45. The first-order valence-corrected chi connectivity index (χ1v) is 5.44. The number of nitrogens with one attached hydrogen (secondary N) is 2. The summed E-state index contributed by atoms with van der Waals surface area (Å²) in [5.74, 6) is 0. The van der Waals surface area contributed by atoms with Crippen LogP contribution in [0.1, 0.15) is 22.4 Å². The van der Waals surface area contributed by atoms with Crippen LogP contribution in [0.3, 0.4) is 0 Å². The van der Waals surface area contributed by atoms with Gasteiger partial charge in [0.15, 0.2) is 0 Å². The van der Waals surface area contributed by atoms with Crippen molar-refractivity contribution in [1.82, 2.24) is 10.2 Å². The Bertz CT molecular complexity index is 563. The molecular weight excluding hydrogens is 212 g/mol. The zero-order chi connectivity index (χ0) is 12.3. The number of aromatic amines is 1. The number of benzene rings is 1. The van der Waals surface area contributed by atoms with E-state index in [1.54, 1.807) is 0 Å². The van der Waals surface area contributed by atoms with Gasteiger partial charge in [0.25, 0.3) is 0 Å². The van der Waals surface area contributed by atoms with Crippen LogP contribution >= 0.6 is 0 Å². The molecule has 2 N–H and O–H groups in total. The molecule has 0 saturated heterocycles. The van der Waals surface area contributed by atoms with E-state index in [1.807, 2.05) is 38.2 Å². The van der Waals surface area contributed by atoms with Gasteiger partial charge in [0.2, 0.25) is 0 Å². The molecule has 0 spiro atoms. The minimum atomic E-state index is 0.688. The fraction of sp³-hybridized carbons (Fsp3) is 0.231. The molecule has 0 saturated carbocycles. The smallest absolute Gasteiger partial charge is 0.0991 e. The maximum absolute atomic E-state index is 8.79. The van der Waals surface area contributed by atoms with Gasteiger partial charge in [-0.25, -0.2) is 0 Å². The predicted molar refractivity (Wildman–Crippen MR) is 66.5 cm³/mol. The van der Waals surface area contributed by atoms with Crippen molar-refractivity contribution in [2.24, 2.45) is 0 Å². The average molecular weight is 226 g/mol. The van der Waals surface area contributed by atoms with E-state index in [0.717, 1.165) is 29.1 Å². The maximum Gasteiger partial charge on any atom is 0.0991 e. The Hall–Kier alpha value is -2.28. The van der Waals surface area contributed by atoms with Crippen molar-refractivity contribution in [3.05, 3.63) is 46.8 Å². The van der Waals surface area contributed by atoms with Crippen molar-refractivity contribution in [1.29, 1.82) is 5.26 Å². The number of nitriles is 1. The van der Waals surface area contributed by atoms with Gasteiger partial charge in [-0.1, -0.05) is 0 Å². The maximum atomic E-state index is 8.79. The van der Waals surface area contributed by atoms with Gasteiger partial charge >= 0.3 is 0 Å². The van der Waals surface area contributed by atoms with Crippen molar-refractivity contribution in [3.63, 3.8) is 0 Å². The molecule has 0 fully saturated rings. The molecule has 0 atom stereocenters. The van der Waals surface area contributed by atoms with Crippen LogP contribution in [0.2, 0.25) is 0 Å². The fourth-order valence-corrected chi connectivity index (χ4v) is 1.68. The minimum Gasteiger partial charge on any atom is -0.381 e. The normalized spacial score (nSPS) is 9.94. The molecule has 0 aliphatic heterocycles. The van der Waals surface area contributed by atoms with Crippen LogP contribution in [-0.4, -0.2) is 10.2 Å². The Labute approximate surface area is 100 Å². The van der Waals surface area contributed by atoms with E-state index in [1.165, 1.54) is 0 Å². The lowest BCUT2D eigenvalue weighted by molar-refractivity contribution is 1.04. The molecule has 1 aromatic carbocycles. The molecular formula is C13H14N4. The molecule has 86 valence electrons. The van der Waals surface area contributed by atoms with Gasteiger partial charge in [-0.2, -0.15) is 10.4 Å². The zero-order valence-corrected chi connectivity index (χ0v) is 9.91. The Balaban J connectivity index is 2.10. The number of nitrogens with zero attached hydrogens (tertiary/aromatic N) is 2. The van der Waals surface area contributed by atoms with Crippen molar-refractivity contribution in [2.45, 2.75) is 20.4 Å². The minimum absolute atomic E-state index is 0.688. The lowest BCUT2D eigenvalue weighted by atomic mass is 10.1. The second-order valence-electron chi connectivity index (χ2n) is 4.02. The number of hydrogen-bond donors (Lipinski definition) is 2. The van der Waals surface area contributed by atoms with Crippen LogP contribution < -0.4 is 5.32 Å². The van der Waals surface area contributed by atoms with Gasteiger partial charge < -0.3 is 5.32 Å². The van der Waals surface area contributed by atoms with Crippen molar-refractivity contribution in [3.8, 4) is 6.07 Å². The Kier molecular flexibility index (Phi) is 3.10. The molecule has 1 aromatic heterocycles. The van der Waals surface area contributed by atoms with Crippen molar-refractivity contribution >= 4 is 5.69 Å². The zero-order valence-electron chi connectivity index (χ0n) is 9.91. The monoisotopic (exact) mass is 226 g/mol. The van der Waals surface area contributed by atoms with Crippen molar-refractivity contribution in [2.75, 3.05) is 5.32 Å². The average Bonchev–Trinajstić information content (AvgIpc) is 2.73. The highest BCUT2D eigenvalue weighted by Crippen LogP contribution is 2.17. The lowest BCUT2D eigenvalue weighted by Gasteiger charge is -2.09. The number of H-pyrrole nitrogens is 1. The van der Waals surface area contributed by atoms with Crippen LogP contribution in [0, 0.1) is 25.2 Å². The van der Waals surface area contributed by atoms with E-state index in [-0.39, 0.29) is 0 Å². The quantitative estimate of drug-likeness (QED) is 0.845. The molecule has 2 aromatic rings.